The van der Waals surface area contributed by atoms with Gasteiger partial charge in [0.1, 0.15) is 18.1 Å². The Morgan fingerprint density at radius 3 is 2.50 bits per heavy atom. The molecule has 7 nitrogen and oxygen atoms in total. The van der Waals surface area contributed by atoms with E-state index in [1.807, 2.05) is 30.3 Å². The van der Waals surface area contributed by atoms with Gasteiger partial charge in [0.15, 0.2) is 5.69 Å². The van der Waals surface area contributed by atoms with Crippen LogP contribution in [0.4, 0.5) is 0 Å². The van der Waals surface area contributed by atoms with Gasteiger partial charge < -0.3 is 9.15 Å². The number of aryl methyl sites for hydroxylation is 2. The van der Waals surface area contributed by atoms with Crippen LogP contribution in [0.2, 0.25) is 0 Å². The lowest BCUT2D eigenvalue weighted by Crippen LogP contribution is -2.23. The SMILES string of the molecule is Cc1oc(-c2ccccc2)nc1COC(=O)c1nn(C)c(=O)c2ccccc12. The number of carbonyl (C=O) groups excluding carboxylic acids is 1. The number of rotatable bonds is 4. The number of aromatic nitrogens is 3. The first-order valence-electron chi connectivity index (χ1n) is 8.69. The topological polar surface area (TPSA) is 87.2 Å². The Labute approximate surface area is 160 Å². The molecule has 0 amide bonds. The first-order chi connectivity index (χ1) is 13.5. The van der Waals surface area contributed by atoms with Crippen molar-refractivity contribution in [3.05, 3.63) is 82.1 Å². The quantitative estimate of drug-likeness (QED) is 0.509. The highest BCUT2D eigenvalue weighted by atomic mass is 16.5. The molecule has 140 valence electrons. The van der Waals surface area contributed by atoms with E-state index in [9.17, 15) is 9.59 Å². The molecule has 0 aliphatic heterocycles. The van der Waals surface area contributed by atoms with Crippen LogP contribution < -0.4 is 5.56 Å². The Balaban J connectivity index is 1.59. The Morgan fingerprint density at radius 1 is 1.07 bits per heavy atom. The third-order valence-electron chi connectivity index (χ3n) is 4.40. The zero-order valence-electron chi connectivity index (χ0n) is 15.4. The van der Waals surface area contributed by atoms with E-state index in [1.165, 1.54) is 7.05 Å². The van der Waals surface area contributed by atoms with Crippen molar-refractivity contribution in [2.45, 2.75) is 13.5 Å². The number of oxazole rings is 1. The van der Waals surface area contributed by atoms with Gasteiger partial charge in [0, 0.05) is 18.0 Å². The summed E-state index contributed by atoms with van der Waals surface area (Å²) in [4.78, 5) is 29.2. The predicted molar refractivity (Wildman–Crippen MR) is 103 cm³/mol. The average molecular weight is 375 g/mol. The van der Waals surface area contributed by atoms with Crippen molar-refractivity contribution in [1.29, 1.82) is 0 Å². The molecule has 4 aromatic rings. The molecule has 0 aliphatic carbocycles. The fourth-order valence-corrected chi connectivity index (χ4v) is 2.92. The second-order valence-corrected chi connectivity index (χ2v) is 6.29. The third kappa shape index (κ3) is 3.18. The summed E-state index contributed by atoms with van der Waals surface area (Å²) in [5, 5.41) is 4.94. The summed E-state index contributed by atoms with van der Waals surface area (Å²) in [5.41, 5.74) is 1.18. The lowest BCUT2D eigenvalue weighted by molar-refractivity contribution is 0.0460. The zero-order chi connectivity index (χ0) is 19.7. The van der Waals surface area contributed by atoms with E-state index in [2.05, 4.69) is 10.1 Å². The molecule has 7 heteroatoms. The highest BCUT2D eigenvalue weighted by Crippen LogP contribution is 2.22. The molecule has 0 saturated heterocycles. The van der Waals surface area contributed by atoms with Crippen molar-refractivity contribution >= 4 is 16.7 Å². The number of fused-ring (bicyclic) bond motifs is 1. The largest absolute Gasteiger partial charge is 0.454 e. The van der Waals surface area contributed by atoms with Crippen molar-refractivity contribution in [2.24, 2.45) is 7.05 Å². The van der Waals surface area contributed by atoms with Crippen LogP contribution in [-0.4, -0.2) is 20.7 Å². The average Bonchev–Trinajstić information content (AvgIpc) is 3.10. The van der Waals surface area contributed by atoms with Crippen LogP contribution in [-0.2, 0) is 18.4 Å². The number of hydrogen-bond acceptors (Lipinski definition) is 6. The van der Waals surface area contributed by atoms with E-state index in [4.69, 9.17) is 9.15 Å². The van der Waals surface area contributed by atoms with Gasteiger partial charge >= 0.3 is 5.97 Å². The van der Waals surface area contributed by atoms with Crippen molar-refractivity contribution in [1.82, 2.24) is 14.8 Å². The summed E-state index contributed by atoms with van der Waals surface area (Å²) in [6, 6.07) is 16.3. The minimum Gasteiger partial charge on any atom is -0.454 e. The van der Waals surface area contributed by atoms with Gasteiger partial charge in [-0.05, 0) is 25.1 Å². The zero-order valence-corrected chi connectivity index (χ0v) is 15.4. The van der Waals surface area contributed by atoms with E-state index in [0.29, 0.717) is 28.1 Å². The van der Waals surface area contributed by atoms with Crippen LogP contribution >= 0.6 is 0 Å². The molecular weight excluding hydrogens is 358 g/mol. The second kappa shape index (κ2) is 7.11. The molecule has 4 rings (SSSR count). The summed E-state index contributed by atoms with van der Waals surface area (Å²) in [6.07, 6.45) is 0. The smallest absolute Gasteiger partial charge is 0.359 e. The first-order valence-corrected chi connectivity index (χ1v) is 8.69. The molecule has 0 saturated carbocycles. The molecule has 0 bridgehead atoms. The summed E-state index contributed by atoms with van der Waals surface area (Å²) >= 11 is 0. The maximum atomic E-state index is 12.6. The minimum absolute atomic E-state index is 0.0557. The van der Waals surface area contributed by atoms with E-state index < -0.39 is 5.97 Å². The third-order valence-corrected chi connectivity index (χ3v) is 4.40. The lowest BCUT2D eigenvalue weighted by Gasteiger charge is -2.07. The number of hydrogen-bond donors (Lipinski definition) is 0. The first kappa shape index (κ1) is 17.7. The molecule has 2 heterocycles. The number of carbonyl (C=O) groups is 1. The molecule has 0 radical (unpaired) electrons. The fourth-order valence-electron chi connectivity index (χ4n) is 2.92. The Bertz CT molecular complexity index is 1230. The maximum absolute atomic E-state index is 12.6. The summed E-state index contributed by atoms with van der Waals surface area (Å²) in [5.74, 6) is 0.412. The minimum atomic E-state index is -0.629. The number of esters is 1. The normalized spacial score (nSPS) is 10.9. The van der Waals surface area contributed by atoms with Crippen molar-refractivity contribution in [3.8, 4) is 11.5 Å². The summed E-state index contributed by atoms with van der Waals surface area (Å²) in [6.45, 7) is 1.71. The van der Waals surface area contributed by atoms with Gasteiger partial charge in [-0.1, -0.05) is 36.4 Å². The Morgan fingerprint density at radius 2 is 1.75 bits per heavy atom. The maximum Gasteiger partial charge on any atom is 0.359 e. The molecular formula is C21H17N3O4. The van der Waals surface area contributed by atoms with Gasteiger partial charge in [-0.25, -0.2) is 14.5 Å². The Hall–Kier alpha value is -3.74. The summed E-state index contributed by atoms with van der Waals surface area (Å²) < 4.78 is 12.2. The van der Waals surface area contributed by atoms with Gasteiger partial charge in [-0.15, -0.1) is 0 Å². The van der Waals surface area contributed by atoms with Crippen LogP contribution in [0.25, 0.3) is 22.2 Å². The highest BCUT2D eigenvalue weighted by molar-refractivity contribution is 6.02. The van der Waals surface area contributed by atoms with Crippen molar-refractivity contribution < 1.29 is 13.9 Å². The number of ether oxygens (including phenoxy) is 1. The second-order valence-electron chi connectivity index (χ2n) is 6.29. The molecule has 0 fully saturated rings. The van der Waals surface area contributed by atoms with Gasteiger partial charge in [-0.3, -0.25) is 4.79 Å². The molecule has 0 N–H and O–H groups in total. The fraction of sp³-hybridized carbons (Fsp3) is 0.143. The number of benzene rings is 2. The van der Waals surface area contributed by atoms with E-state index in [-0.39, 0.29) is 17.9 Å². The van der Waals surface area contributed by atoms with Crippen LogP contribution in [0.5, 0.6) is 0 Å². The van der Waals surface area contributed by atoms with Crippen LogP contribution in [0.15, 0.2) is 63.8 Å². The molecule has 0 spiro atoms. The molecule has 0 aliphatic rings. The van der Waals surface area contributed by atoms with Crippen LogP contribution in [0.1, 0.15) is 21.9 Å². The van der Waals surface area contributed by atoms with Gasteiger partial charge in [0.05, 0.1) is 5.39 Å². The Kier molecular flexibility index (Phi) is 4.49. The molecule has 28 heavy (non-hydrogen) atoms. The standard InChI is InChI=1S/C21H17N3O4/c1-13-17(22-19(28-13)14-8-4-3-5-9-14)12-27-21(26)18-15-10-6-7-11-16(15)20(25)24(2)23-18/h3-11H,12H2,1-2H3. The van der Waals surface area contributed by atoms with Crippen molar-refractivity contribution in [2.75, 3.05) is 0 Å². The van der Waals surface area contributed by atoms with E-state index >= 15 is 0 Å². The number of nitrogens with zero attached hydrogens (tertiary/aromatic N) is 3. The summed E-state index contributed by atoms with van der Waals surface area (Å²) in [7, 11) is 1.50. The molecule has 0 unspecified atom stereocenters. The predicted octanol–water partition coefficient (Wildman–Crippen LogP) is 3.25. The lowest BCUT2D eigenvalue weighted by atomic mass is 10.1. The van der Waals surface area contributed by atoms with E-state index in [1.54, 1.807) is 31.2 Å². The highest BCUT2D eigenvalue weighted by Gasteiger charge is 2.19. The van der Waals surface area contributed by atoms with Crippen LogP contribution in [0, 0.1) is 6.92 Å². The van der Waals surface area contributed by atoms with E-state index in [0.717, 1.165) is 10.2 Å². The molecule has 0 atom stereocenters. The molecule has 2 aromatic carbocycles. The molecule has 2 aromatic heterocycles. The van der Waals surface area contributed by atoms with Gasteiger partial charge in [-0.2, -0.15) is 5.10 Å². The van der Waals surface area contributed by atoms with Crippen LogP contribution in [0.3, 0.4) is 0 Å². The monoisotopic (exact) mass is 375 g/mol. The van der Waals surface area contributed by atoms with Crippen molar-refractivity contribution in [3.63, 3.8) is 0 Å². The van der Waals surface area contributed by atoms with Gasteiger partial charge in [0.2, 0.25) is 5.89 Å². The van der Waals surface area contributed by atoms with Gasteiger partial charge in [0.25, 0.3) is 5.56 Å².